The van der Waals surface area contributed by atoms with E-state index in [4.69, 9.17) is 23.2 Å². The summed E-state index contributed by atoms with van der Waals surface area (Å²) >= 11 is 11.2. The van der Waals surface area contributed by atoms with Gasteiger partial charge in [0.05, 0.1) is 5.02 Å². The van der Waals surface area contributed by atoms with E-state index in [2.05, 4.69) is 4.98 Å². The number of hydrogen-bond donors (Lipinski definition) is 1. The van der Waals surface area contributed by atoms with Gasteiger partial charge in [-0.05, 0) is 17.7 Å². The summed E-state index contributed by atoms with van der Waals surface area (Å²) in [6.07, 6.45) is 0. The standard InChI is InChI=1S/C9H5Cl2NO/c10-7-5-3-1-2-4-6(5)12-8(7)9(11)13/h1-4,12H. The normalized spacial score (nSPS) is 10.6. The molecule has 2 aromatic rings. The van der Waals surface area contributed by atoms with Crippen molar-refractivity contribution in [2.24, 2.45) is 0 Å². The van der Waals surface area contributed by atoms with E-state index in [9.17, 15) is 4.79 Å². The van der Waals surface area contributed by atoms with Crippen LogP contribution in [0.5, 0.6) is 0 Å². The highest BCUT2D eigenvalue weighted by Crippen LogP contribution is 2.27. The van der Waals surface area contributed by atoms with Crippen LogP contribution in [-0.2, 0) is 0 Å². The van der Waals surface area contributed by atoms with Crippen molar-refractivity contribution in [3.8, 4) is 0 Å². The first-order valence-corrected chi connectivity index (χ1v) is 4.42. The number of benzene rings is 1. The van der Waals surface area contributed by atoms with Crippen LogP contribution in [0.15, 0.2) is 24.3 Å². The van der Waals surface area contributed by atoms with Crippen molar-refractivity contribution in [2.45, 2.75) is 0 Å². The number of carbonyl (C=O) groups excluding carboxylic acids is 1. The number of carbonyl (C=O) groups is 1. The summed E-state index contributed by atoms with van der Waals surface area (Å²) in [7, 11) is 0. The topological polar surface area (TPSA) is 32.9 Å². The van der Waals surface area contributed by atoms with E-state index in [1.165, 1.54) is 0 Å². The zero-order valence-electron chi connectivity index (χ0n) is 6.47. The second kappa shape index (κ2) is 3.05. The molecule has 0 unspecified atom stereocenters. The maximum atomic E-state index is 10.9. The van der Waals surface area contributed by atoms with Crippen molar-refractivity contribution < 1.29 is 4.79 Å². The highest BCUT2D eigenvalue weighted by molar-refractivity contribution is 6.68. The van der Waals surface area contributed by atoms with E-state index < -0.39 is 5.24 Å². The minimum absolute atomic E-state index is 0.254. The number of hydrogen-bond acceptors (Lipinski definition) is 1. The average molecular weight is 214 g/mol. The number of aromatic amines is 1. The van der Waals surface area contributed by atoms with E-state index in [1.54, 1.807) is 0 Å². The van der Waals surface area contributed by atoms with Crippen LogP contribution in [-0.4, -0.2) is 10.2 Å². The molecule has 66 valence electrons. The van der Waals surface area contributed by atoms with Gasteiger partial charge in [0.25, 0.3) is 5.24 Å². The summed E-state index contributed by atoms with van der Waals surface area (Å²) in [6, 6.07) is 7.38. The molecule has 0 amide bonds. The molecule has 13 heavy (non-hydrogen) atoms. The molecular formula is C9H5Cl2NO. The number of halogens is 2. The minimum atomic E-state index is -0.568. The summed E-state index contributed by atoms with van der Waals surface area (Å²) in [5, 5.41) is 0.630. The second-order valence-corrected chi connectivity index (χ2v) is 3.35. The highest BCUT2D eigenvalue weighted by Gasteiger charge is 2.13. The quantitative estimate of drug-likeness (QED) is 0.726. The Kier molecular flexibility index (Phi) is 2.02. The van der Waals surface area contributed by atoms with Crippen molar-refractivity contribution in [3.05, 3.63) is 35.0 Å². The van der Waals surface area contributed by atoms with Crippen LogP contribution in [0.25, 0.3) is 10.9 Å². The summed E-state index contributed by atoms with van der Waals surface area (Å²) in [5.74, 6) is 0. The highest BCUT2D eigenvalue weighted by atomic mass is 35.5. The van der Waals surface area contributed by atoms with Gasteiger partial charge in [-0.3, -0.25) is 4.79 Å². The van der Waals surface area contributed by atoms with Crippen LogP contribution in [0.3, 0.4) is 0 Å². The lowest BCUT2D eigenvalue weighted by molar-refractivity contribution is 0.107. The van der Waals surface area contributed by atoms with E-state index in [0.29, 0.717) is 5.02 Å². The van der Waals surface area contributed by atoms with Gasteiger partial charge in [0.15, 0.2) is 0 Å². The fraction of sp³-hybridized carbons (Fsp3) is 0. The molecular weight excluding hydrogens is 209 g/mol. The van der Waals surface area contributed by atoms with E-state index >= 15 is 0 Å². The number of nitrogens with one attached hydrogen (secondary N) is 1. The predicted octanol–water partition coefficient (Wildman–Crippen LogP) is 3.20. The van der Waals surface area contributed by atoms with Gasteiger partial charge in [0.1, 0.15) is 5.69 Å². The monoisotopic (exact) mass is 213 g/mol. The van der Waals surface area contributed by atoms with Crippen LogP contribution < -0.4 is 0 Å². The first-order valence-electron chi connectivity index (χ1n) is 3.66. The SMILES string of the molecule is O=C(Cl)c1[nH]c2ccccc2c1Cl. The maximum absolute atomic E-state index is 10.9. The number of fused-ring (bicyclic) bond motifs is 1. The Balaban J connectivity index is 2.81. The molecule has 0 aliphatic rings. The van der Waals surface area contributed by atoms with E-state index in [0.717, 1.165) is 10.9 Å². The molecule has 0 radical (unpaired) electrons. The lowest BCUT2D eigenvalue weighted by Gasteiger charge is -1.86. The lowest BCUT2D eigenvalue weighted by atomic mass is 10.2. The molecule has 4 heteroatoms. The second-order valence-electron chi connectivity index (χ2n) is 2.63. The predicted molar refractivity (Wildman–Crippen MR) is 53.5 cm³/mol. The van der Waals surface area contributed by atoms with Gasteiger partial charge in [0.2, 0.25) is 0 Å². The van der Waals surface area contributed by atoms with Gasteiger partial charge in [-0.15, -0.1) is 0 Å². The fourth-order valence-corrected chi connectivity index (χ4v) is 1.73. The number of rotatable bonds is 1. The van der Waals surface area contributed by atoms with Gasteiger partial charge in [-0.25, -0.2) is 0 Å². The van der Waals surface area contributed by atoms with Crippen molar-refractivity contribution in [1.82, 2.24) is 4.98 Å². The lowest BCUT2D eigenvalue weighted by Crippen LogP contribution is -1.88. The smallest absolute Gasteiger partial charge is 0.270 e. The Morgan fingerprint density at radius 1 is 1.31 bits per heavy atom. The summed E-state index contributed by atoms with van der Waals surface area (Å²) in [6.45, 7) is 0. The number of H-pyrrole nitrogens is 1. The van der Waals surface area contributed by atoms with Crippen LogP contribution in [0.2, 0.25) is 5.02 Å². The van der Waals surface area contributed by atoms with E-state index in [-0.39, 0.29) is 5.69 Å². The van der Waals surface area contributed by atoms with Crippen molar-refractivity contribution in [2.75, 3.05) is 0 Å². The Morgan fingerprint density at radius 3 is 2.62 bits per heavy atom. The average Bonchev–Trinajstić information content (AvgIpc) is 2.45. The summed E-state index contributed by atoms with van der Waals surface area (Å²) in [4.78, 5) is 13.7. The molecule has 0 saturated heterocycles. The third-order valence-corrected chi connectivity index (χ3v) is 2.42. The van der Waals surface area contributed by atoms with Crippen LogP contribution >= 0.6 is 23.2 Å². The summed E-state index contributed by atoms with van der Waals surface area (Å²) < 4.78 is 0. The van der Waals surface area contributed by atoms with E-state index in [1.807, 2.05) is 24.3 Å². The largest absolute Gasteiger partial charge is 0.350 e. The molecule has 2 rings (SSSR count). The van der Waals surface area contributed by atoms with Crippen LogP contribution in [0.1, 0.15) is 10.5 Å². The van der Waals surface area contributed by atoms with Crippen molar-refractivity contribution in [1.29, 1.82) is 0 Å². The zero-order chi connectivity index (χ0) is 9.42. The van der Waals surface area contributed by atoms with Gasteiger partial charge >= 0.3 is 0 Å². The Labute approximate surface area is 84.5 Å². The van der Waals surface area contributed by atoms with Crippen LogP contribution in [0, 0.1) is 0 Å². The molecule has 0 fully saturated rings. The molecule has 0 aliphatic carbocycles. The first kappa shape index (κ1) is 8.60. The third kappa shape index (κ3) is 1.32. The fourth-order valence-electron chi connectivity index (χ4n) is 1.24. The Bertz CT molecular complexity index is 475. The van der Waals surface area contributed by atoms with Gasteiger partial charge < -0.3 is 4.98 Å². The molecule has 1 N–H and O–H groups in total. The maximum Gasteiger partial charge on any atom is 0.270 e. The molecule has 0 aliphatic heterocycles. The van der Waals surface area contributed by atoms with Crippen molar-refractivity contribution in [3.63, 3.8) is 0 Å². The van der Waals surface area contributed by atoms with Crippen LogP contribution in [0.4, 0.5) is 0 Å². The molecule has 0 spiro atoms. The molecule has 1 heterocycles. The van der Waals surface area contributed by atoms with Gasteiger partial charge in [0, 0.05) is 10.9 Å². The molecule has 1 aromatic heterocycles. The first-order chi connectivity index (χ1) is 6.20. The molecule has 0 bridgehead atoms. The van der Waals surface area contributed by atoms with Gasteiger partial charge in [-0.2, -0.15) is 0 Å². The number of aromatic nitrogens is 1. The van der Waals surface area contributed by atoms with Crippen molar-refractivity contribution >= 4 is 39.3 Å². The molecule has 0 saturated carbocycles. The molecule has 1 aromatic carbocycles. The zero-order valence-corrected chi connectivity index (χ0v) is 7.99. The third-order valence-electron chi connectivity index (χ3n) is 1.84. The Morgan fingerprint density at radius 2 is 2.00 bits per heavy atom. The van der Waals surface area contributed by atoms with Gasteiger partial charge in [-0.1, -0.05) is 29.8 Å². The Hall–Kier alpha value is -0.990. The molecule has 0 atom stereocenters. The minimum Gasteiger partial charge on any atom is -0.350 e. The molecule has 2 nitrogen and oxygen atoms in total. The number of para-hydroxylation sites is 1. The summed E-state index contributed by atoms with van der Waals surface area (Å²) in [5.41, 5.74) is 1.07.